The molecule has 4 rings (SSSR count). The number of aliphatic hydroxyl groups excluding tert-OH is 1. The number of H-pyrrole nitrogens is 1. The van der Waals surface area contributed by atoms with Crippen molar-refractivity contribution >= 4 is 34.4 Å². The van der Waals surface area contributed by atoms with Crippen molar-refractivity contribution in [2.45, 2.75) is 6.61 Å². The molecule has 2 heterocycles. The van der Waals surface area contributed by atoms with Gasteiger partial charge in [-0.15, -0.1) is 0 Å². The molecule has 2 N–H and O–H groups in total. The molecule has 34 heavy (non-hydrogen) atoms. The lowest BCUT2D eigenvalue weighted by atomic mass is 10.2. The predicted molar refractivity (Wildman–Crippen MR) is 119 cm³/mol. The number of fused-ring (bicyclic) bond motifs is 1. The third kappa shape index (κ3) is 4.37. The molecule has 13 heteroatoms. The molecule has 9 nitrogen and oxygen atoms in total. The summed E-state index contributed by atoms with van der Waals surface area (Å²) < 4.78 is 45.6. The Hall–Kier alpha value is -3.41. The van der Waals surface area contributed by atoms with Gasteiger partial charge in [0.1, 0.15) is 30.8 Å². The maximum absolute atomic E-state index is 14.4. The highest BCUT2D eigenvalue weighted by Gasteiger charge is 2.21. The van der Waals surface area contributed by atoms with Crippen molar-refractivity contribution in [2.24, 2.45) is 0 Å². The highest BCUT2D eigenvalue weighted by Crippen LogP contribution is 2.37. The largest absolute Gasteiger partial charge is 0.496 e. The maximum Gasteiger partial charge on any atom is 0.332 e. The molecular weight excluding hydrogens is 497 g/mol. The van der Waals surface area contributed by atoms with Crippen LogP contribution < -0.4 is 19.9 Å². The quantitative estimate of drug-likeness (QED) is 0.346. The Morgan fingerprint density at radius 1 is 1.12 bits per heavy atom. The van der Waals surface area contributed by atoms with Gasteiger partial charge in [0.05, 0.1) is 30.0 Å². The highest BCUT2D eigenvalue weighted by molar-refractivity contribution is 6.34. The molecule has 0 fully saturated rings. The molecule has 0 aliphatic carbocycles. The van der Waals surface area contributed by atoms with Gasteiger partial charge in [-0.2, -0.15) is 0 Å². The van der Waals surface area contributed by atoms with E-state index >= 15 is 0 Å². The van der Waals surface area contributed by atoms with Gasteiger partial charge in [-0.3, -0.25) is 0 Å². The molecule has 0 amide bonds. The van der Waals surface area contributed by atoms with Crippen LogP contribution in [0.25, 0.3) is 16.9 Å². The smallest absolute Gasteiger partial charge is 0.332 e. The molecule has 0 saturated carbocycles. The number of hydrogen-bond donors (Lipinski definition) is 2. The van der Waals surface area contributed by atoms with Gasteiger partial charge in [0.15, 0.2) is 33.9 Å². The van der Waals surface area contributed by atoms with Gasteiger partial charge in [-0.1, -0.05) is 23.2 Å². The van der Waals surface area contributed by atoms with Crippen LogP contribution in [0.5, 0.6) is 17.2 Å². The Morgan fingerprint density at radius 2 is 1.88 bits per heavy atom. The van der Waals surface area contributed by atoms with Crippen molar-refractivity contribution in [1.82, 2.24) is 19.5 Å². The molecule has 2 aromatic heterocycles. The summed E-state index contributed by atoms with van der Waals surface area (Å²) in [6, 6.07) is 4.92. The first kappa shape index (κ1) is 23.7. The fourth-order valence-electron chi connectivity index (χ4n) is 3.24. The van der Waals surface area contributed by atoms with Crippen molar-refractivity contribution < 1.29 is 28.1 Å². The lowest BCUT2D eigenvalue weighted by Gasteiger charge is -2.17. The molecule has 4 aromatic rings. The summed E-state index contributed by atoms with van der Waals surface area (Å²) in [5.41, 5.74) is -0.284. The minimum absolute atomic E-state index is 0.0277. The molecule has 0 atom stereocenters. The highest BCUT2D eigenvalue weighted by atomic mass is 35.5. The number of methoxy groups -OCH3 is 1. The molecule has 178 valence electrons. The van der Waals surface area contributed by atoms with E-state index in [0.717, 1.165) is 10.6 Å². The minimum atomic E-state index is -1.13. The number of aromatic nitrogens is 4. The van der Waals surface area contributed by atoms with Crippen LogP contribution in [0.3, 0.4) is 0 Å². The third-order valence-electron chi connectivity index (χ3n) is 4.78. The third-order valence-corrected chi connectivity index (χ3v) is 5.37. The Kier molecular flexibility index (Phi) is 6.87. The average molecular weight is 513 g/mol. The van der Waals surface area contributed by atoms with E-state index in [-0.39, 0.29) is 63.1 Å². The van der Waals surface area contributed by atoms with E-state index in [2.05, 4.69) is 15.0 Å². The topological polar surface area (TPSA) is 111 Å². The molecule has 0 spiro atoms. The molecule has 0 unspecified atom stereocenters. The van der Waals surface area contributed by atoms with Crippen LogP contribution >= 0.6 is 23.2 Å². The number of nitrogens with one attached hydrogen (secondary N) is 1. The summed E-state index contributed by atoms with van der Waals surface area (Å²) in [5, 5.41) is 9.24. The molecule has 2 aromatic carbocycles. The van der Waals surface area contributed by atoms with Gasteiger partial charge in [0.2, 0.25) is 0 Å². The Labute approximate surface area is 200 Å². The second kappa shape index (κ2) is 9.84. The van der Waals surface area contributed by atoms with Crippen LogP contribution in [-0.2, 0) is 6.61 Å². The van der Waals surface area contributed by atoms with E-state index in [1.54, 1.807) is 0 Å². The number of aliphatic hydroxyl groups is 1. The Morgan fingerprint density at radius 3 is 2.62 bits per heavy atom. The number of nitrogens with zero attached hydrogens (tertiary/aromatic N) is 3. The normalized spacial score (nSPS) is 11.1. The number of halogens is 4. The molecule has 0 aliphatic heterocycles. The van der Waals surface area contributed by atoms with E-state index in [0.29, 0.717) is 0 Å². The lowest BCUT2D eigenvalue weighted by Crippen LogP contribution is -2.16. The first-order valence-electron chi connectivity index (χ1n) is 9.68. The Balaban J connectivity index is 1.81. The van der Waals surface area contributed by atoms with Gasteiger partial charge >= 0.3 is 5.69 Å². The minimum Gasteiger partial charge on any atom is -0.496 e. The standard InChI is InChI=1S/C21H16Cl2F2N4O5/c1-32-14-3-2-12(24)17(25)10(14)8-34-16-7-13(11(22)6-15(16)33-5-4-30)29-20-18(28-21(29)31)19(23)26-9-27-20/h2-3,6-7,9,30H,4-5,8H2,1H3,(H,28,31). The Bertz CT molecular complexity index is 1430. The second-order valence-electron chi connectivity index (χ2n) is 6.78. The van der Waals surface area contributed by atoms with Crippen molar-refractivity contribution in [3.8, 4) is 22.9 Å². The number of imidazole rings is 1. The summed E-state index contributed by atoms with van der Waals surface area (Å²) in [6.07, 6.45) is 1.18. The predicted octanol–water partition coefficient (Wildman–Crippen LogP) is 3.65. The lowest BCUT2D eigenvalue weighted by molar-refractivity contribution is 0.191. The van der Waals surface area contributed by atoms with Crippen molar-refractivity contribution in [1.29, 1.82) is 0 Å². The van der Waals surface area contributed by atoms with Gasteiger partial charge in [-0.05, 0) is 12.1 Å². The summed E-state index contributed by atoms with van der Waals surface area (Å²) in [7, 11) is 1.31. The fourth-order valence-corrected chi connectivity index (χ4v) is 3.66. The maximum atomic E-state index is 14.4. The molecule has 0 radical (unpaired) electrons. The van der Waals surface area contributed by atoms with Crippen molar-refractivity contribution in [3.05, 3.63) is 68.5 Å². The first-order valence-corrected chi connectivity index (χ1v) is 10.4. The molecule has 0 aliphatic rings. The van der Waals surface area contributed by atoms with Gasteiger partial charge in [0.25, 0.3) is 0 Å². The summed E-state index contributed by atoms with van der Waals surface area (Å²) in [4.78, 5) is 23.1. The molecular formula is C21H16Cl2F2N4O5. The molecule has 0 bridgehead atoms. The van der Waals surface area contributed by atoms with Gasteiger partial charge < -0.3 is 24.3 Å². The van der Waals surface area contributed by atoms with E-state index in [1.807, 2.05) is 0 Å². The van der Waals surface area contributed by atoms with E-state index < -0.39 is 23.9 Å². The fraction of sp³-hybridized carbons (Fsp3) is 0.190. The molecule has 0 saturated heterocycles. The monoisotopic (exact) mass is 512 g/mol. The van der Waals surface area contributed by atoms with Gasteiger partial charge in [-0.25, -0.2) is 28.1 Å². The second-order valence-corrected chi connectivity index (χ2v) is 7.55. The van der Waals surface area contributed by atoms with E-state index in [1.165, 1.54) is 31.6 Å². The van der Waals surface area contributed by atoms with Crippen LogP contribution in [0.1, 0.15) is 5.56 Å². The summed E-state index contributed by atoms with van der Waals surface area (Å²) in [5.74, 6) is -2.01. The number of ether oxygens (including phenoxy) is 3. The zero-order chi connectivity index (χ0) is 24.4. The van der Waals surface area contributed by atoms with Crippen LogP contribution in [-0.4, -0.2) is 44.9 Å². The van der Waals surface area contributed by atoms with Crippen LogP contribution in [0.4, 0.5) is 8.78 Å². The van der Waals surface area contributed by atoms with Crippen molar-refractivity contribution in [2.75, 3.05) is 20.3 Å². The first-order chi connectivity index (χ1) is 16.3. The zero-order valence-corrected chi connectivity index (χ0v) is 19.0. The van der Waals surface area contributed by atoms with Gasteiger partial charge in [0, 0.05) is 12.1 Å². The van der Waals surface area contributed by atoms with E-state index in [9.17, 15) is 13.6 Å². The number of benzene rings is 2. The van der Waals surface area contributed by atoms with E-state index in [4.69, 9.17) is 42.5 Å². The number of aromatic amines is 1. The van der Waals surface area contributed by atoms with Crippen LogP contribution in [0, 0.1) is 11.6 Å². The number of hydrogen-bond acceptors (Lipinski definition) is 7. The zero-order valence-electron chi connectivity index (χ0n) is 17.4. The van der Waals surface area contributed by atoms with Crippen molar-refractivity contribution in [3.63, 3.8) is 0 Å². The average Bonchev–Trinajstić information content (AvgIpc) is 3.16. The SMILES string of the molecule is COc1ccc(F)c(F)c1COc1cc(-n2c(=O)[nH]c3c(Cl)ncnc32)c(Cl)cc1OCCO. The summed E-state index contributed by atoms with van der Waals surface area (Å²) >= 11 is 12.5. The van der Waals surface area contributed by atoms with Crippen LogP contribution in [0.15, 0.2) is 35.4 Å². The van der Waals surface area contributed by atoms with Crippen LogP contribution in [0.2, 0.25) is 10.2 Å². The number of rotatable bonds is 8. The summed E-state index contributed by atoms with van der Waals surface area (Å²) in [6.45, 7) is -0.845.